The zero-order valence-electron chi connectivity index (χ0n) is 9.98. The molecule has 0 amide bonds. The summed E-state index contributed by atoms with van der Waals surface area (Å²) < 4.78 is 0. The molecule has 0 saturated carbocycles. The SMILES string of the molecule is CN(CCC1CCN1)c1ncnc2[nH]ccc12. The molecule has 3 heterocycles. The Bertz CT molecular complexity index is 502. The molecule has 0 aliphatic carbocycles. The van der Waals surface area contributed by atoms with Crippen molar-refractivity contribution in [2.75, 3.05) is 25.0 Å². The molecule has 90 valence electrons. The van der Waals surface area contributed by atoms with Crippen molar-refractivity contribution in [3.8, 4) is 0 Å². The van der Waals surface area contributed by atoms with Crippen molar-refractivity contribution in [2.45, 2.75) is 18.9 Å². The number of rotatable bonds is 4. The summed E-state index contributed by atoms with van der Waals surface area (Å²) in [7, 11) is 2.09. The van der Waals surface area contributed by atoms with Gasteiger partial charge < -0.3 is 15.2 Å². The maximum absolute atomic E-state index is 4.38. The molecule has 17 heavy (non-hydrogen) atoms. The Hall–Kier alpha value is -1.62. The summed E-state index contributed by atoms with van der Waals surface area (Å²) in [6.07, 6.45) is 6.00. The van der Waals surface area contributed by atoms with E-state index in [1.54, 1.807) is 6.33 Å². The molecule has 5 heteroatoms. The molecular weight excluding hydrogens is 214 g/mol. The number of aromatic amines is 1. The zero-order chi connectivity index (χ0) is 11.7. The van der Waals surface area contributed by atoms with Gasteiger partial charge in [-0.1, -0.05) is 0 Å². The lowest BCUT2D eigenvalue weighted by atomic mass is 10.0. The van der Waals surface area contributed by atoms with Crippen LogP contribution in [-0.4, -0.2) is 41.1 Å². The van der Waals surface area contributed by atoms with Crippen LogP contribution in [0.25, 0.3) is 11.0 Å². The Labute approximate surface area is 100 Å². The highest BCUT2D eigenvalue weighted by molar-refractivity contribution is 5.87. The molecule has 0 spiro atoms. The summed E-state index contributed by atoms with van der Waals surface area (Å²) in [6, 6.07) is 2.73. The van der Waals surface area contributed by atoms with E-state index in [0.717, 1.165) is 23.4 Å². The third kappa shape index (κ3) is 1.98. The van der Waals surface area contributed by atoms with E-state index in [0.29, 0.717) is 6.04 Å². The van der Waals surface area contributed by atoms with Gasteiger partial charge in [0, 0.05) is 25.8 Å². The van der Waals surface area contributed by atoms with Crippen LogP contribution in [0.4, 0.5) is 5.82 Å². The van der Waals surface area contributed by atoms with Crippen LogP contribution >= 0.6 is 0 Å². The minimum atomic E-state index is 0.695. The topological polar surface area (TPSA) is 56.8 Å². The van der Waals surface area contributed by atoms with Crippen LogP contribution in [0.15, 0.2) is 18.6 Å². The first-order chi connectivity index (χ1) is 8.34. The van der Waals surface area contributed by atoms with E-state index in [-0.39, 0.29) is 0 Å². The van der Waals surface area contributed by atoms with Crippen molar-refractivity contribution in [3.05, 3.63) is 18.6 Å². The van der Waals surface area contributed by atoms with Crippen molar-refractivity contribution in [2.24, 2.45) is 0 Å². The highest BCUT2D eigenvalue weighted by Gasteiger charge is 2.17. The lowest BCUT2D eigenvalue weighted by molar-refractivity contribution is 0.353. The van der Waals surface area contributed by atoms with Crippen molar-refractivity contribution in [3.63, 3.8) is 0 Å². The van der Waals surface area contributed by atoms with E-state index in [9.17, 15) is 0 Å². The molecule has 0 radical (unpaired) electrons. The van der Waals surface area contributed by atoms with E-state index in [1.165, 1.54) is 19.4 Å². The van der Waals surface area contributed by atoms with Gasteiger partial charge in [-0.2, -0.15) is 0 Å². The molecule has 2 aromatic rings. The van der Waals surface area contributed by atoms with Crippen LogP contribution in [0, 0.1) is 0 Å². The van der Waals surface area contributed by atoms with Gasteiger partial charge in [0.05, 0.1) is 5.39 Å². The normalized spacial score (nSPS) is 19.2. The van der Waals surface area contributed by atoms with Crippen LogP contribution in [0.5, 0.6) is 0 Å². The molecule has 1 aliphatic rings. The van der Waals surface area contributed by atoms with Crippen molar-refractivity contribution >= 4 is 16.9 Å². The Kier molecular flexibility index (Phi) is 2.68. The number of fused-ring (bicyclic) bond motifs is 1. The molecule has 1 aliphatic heterocycles. The zero-order valence-corrected chi connectivity index (χ0v) is 9.98. The second kappa shape index (κ2) is 4.33. The molecule has 0 aromatic carbocycles. The average Bonchev–Trinajstić information content (AvgIpc) is 2.74. The Morgan fingerprint density at radius 3 is 3.12 bits per heavy atom. The monoisotopic (exact) mass is 231 g/mol. The van der Waals surface area contributed by atoms with Gasteiger partial charge in [-0.25, -0.2) is 9.97 Å². The van der Waals surface area contributed by atoms with Crippen LogP contribution in [0.1, 0.15) is 12.8 Å². The largest absolute Gasteiger partial charge is 0.359 e. The fourth-order valence-electron chi connectivity index (χ4n) is 2.21. The van der Waals surface area contributed by atoms with E-state index in [4.69, 9.17) is 0 Å². The van der Waals surface area contributed by atoms with Gasteiger partial charge in [0.2, 0.25) is 0 Å². The number of hydrogen-bond donors (Lipinski definition) is 2. The first kappa shape index (κ1) is 10.5. The first-order valence-corrected chi connectivity index (χ1v) is 6.07. The minimum absolute atomic E-state index is 0.695. The van der Waals surface area contributed by atoms with Gasteiger partial charge in [0.15, 0.2) is 0 Å². The maximum atomic E-state index is 4.38. The van der Waals surface area contributed by atoms with Crippen LogP contribution in [-0.2, 0) is 0 Å². The summed E-state index contributed by atoms with van der Waals surface area (Å²) in [5.74, 6) is 1.01. The van der Waals surface area contributed by atoms with E-state index < -0.39 is 0 Å². The summed E-state index contributed by atoms with van der Waals surface area (Å²) in [5.41, 5.74) is 0.906. The molecule has 2 N–H and O–H groups in total. The number of nitrogens with zero attached hydrogens (tertiary/aromatic N) is 3. The number of hydrogen-bond acceptors (Lipinski definition) is 4. The fourth-order valence-corrected chi connectivity index (χ4v) is 2.21. The number of aromatic nitrogens is 3. The first-order valence-electron chi connectivity index (χ1n) is 6.07. The second-order valence-electron chi connectivity index (χ2n) is 4.59. The highest BCUT2D eigenvalue weighted by Crippen LogP contribution is 2.21. The second-order valence-corrected chi connectivity index (χ2v) is 4.59. The fraction of sp³-hybridized carbons (Fsp3) is 0.500. The van der Waals surface area contributed by atoms with Crippen LogP contribution < -0.4 is 10.2 Å². The van der Waals surface area contributed by atoms with Crippen molar-refractivity contribution in [1.82, 2.24) is 20.3 Å². The van der Waals surface area contributed by atoms with Gasteiger partial charge >= 0.3 is 0 Å². The molecule has 1 atom stereocenters. The molecule has 0 bridgehead atoms. The van der Waals surface area contributed by atoms with Crippen LogP contribution in [0.3, 0.4) is 0 Å². The number of anilines is 1. The Morgan fingerprint density at radius 1 is 1.47 bits per heavy atom. The van der Waals surface area contributed by atoms with Gasteiger partial charge in [0.1, 0.15) is 17.8 Å². The maximum Gasteiger partial charge on any atom is 0.142 e. The smallest absolute Gasteiger partial charge is 0.142 e. The van der Waals surface area contributed by atoms with Gasteiger partial charge in [-0.15, -0.1) is 0 Å². The molecule has 3 rings (SSSR count). The lowest BCUT2D eigenvalue weighted by Crippen LogP contribution is -2.44. The predicted octanol–water partition coefficient (Wildman–Crippen LogP) is 1.15. The number of nitrogens with one attached hydrogen (secondary N) is 2. The third-order valence-electron chi connectivity index (χ3n) is 3.43. The average molecular weight is 231 g/mol. The van der Waals surface area contributed by atoms with Crippen molar-refractivity contribution in [1.29, 1.82) is 0 Å². The Morgan fingerprint density at radius 2 is 2.35 bits per heavy atom. The molecular formula is C12H17N5. The van der Waals surface area contributed by atoms with E-state index in [1.807, 2.05) is 12.3 Å². The molecule has 2 aromatic heterocycles. The molecule has 1 unspecified atom stereocenters. The quantitative estimate of drug-likeness (QED) is 0.828. The van der Waals surface area contributed by atoms with E-state index in [2.05, 4.69) is 32.2 Å². The van der Waals surface area contributed by atoms with Gasteiger partial charge in [-0.3, -0.25) is 0 Å². The summed E-state index contributed by atoms with van der Waals surface area (Å²) in [6.45, 7) is 2.19. The summed E-state index contributed by atoms with van der Waals surface area (Å²) in [5, 5.41) is 4.51. The third-order valence-corrected chi connectivity index (χ3v) is 3.43. The molecule has 5 nitrogen and oxygen atoms in total. The standard InChI is InChI=1S/C12H17N5/c1-17(7-4-9-2-5-13-9)12-10-3-6-14-11(10)15-8-16-12/h3,6,8-9,13H,2,4-5,7H2,1H3,(H,14,15,16). The predicted molar refractivity (Wildman–Crippen MR) is 68.2 cm³/mol. The van der Waals surface area contributed by atoms with Crippen molar-refractivity contribution < 1.29 is 0 Å². The minimum Gasteiger partial charge on any atom is -0.359 e. The highest BCUT2D eigenvalue weighted by atomic mass is 15.2. The lowest BCUT2D eigenvalue weighted by Gasteiger charge is -2.29. The summed E-state index contributed by atoms with van der Waals surface area (Å²) >= 11 is 0. The van der Waals surface area contributed by atoms with Gasteiger partial charge in [0.25, 0.3) is 0 Å². The molecule has 1 fully saturated rings. The van der Waals surface area contributed by atoms with E-state index >= 15 is 0 Å². The van der Waals surface area contributed by atoms with Gasteiger partial charge in [-0.05, 0) is 25.5 Å². The summed E-state index contributed by atoms with van der Waals surface area (Å²) in [4.78, 5) is 13.9. The molecule has 1 saturated heterocycles. The number of H-pyrrole nitrogens is 1. The Balaban J connectivity index is 1.75. The van der Waals surface area contributed by atoms with Crippen LogP contribution in [0.2, 0.25) is 0 Å².